The minimum atomic E-state index is -0.796. The van der Waals surface area contributed by atoms with Crippen LogP contribution in [0.5, 0.6) is 0 Å². The second-order valence-electron chi connectivity index (χ2n) is 11.4. The summed E-state index contributed by atoms with van der Waals surface area (Å²) in [6, 6.07) is 0.466. The van der Waals surface area contributed by atoms with Crippen LogP contribution in [0.15, 0.2) is 0 Å². The van der Waals surface area contributed by atoms with Crippen LogP contribution in [-0.2, 0) is 24.3 Å². The van der Waals surface area contributed by atoms with Crippen molar-refractivity contribution >= 4 is 5.91 Å². The van der Waals surface area contributed by atoms with Gasteiger partial charge < -0.3 is 4.90 Å². The van der Waals surface area contributed by atoms with Crippen LogP contribution in [-0.4, -0.2) is 34.5 Å². The van der Waals surface area contributed by atoms with Crippen LogP contribution in [0.2, 0.25) is 0 Å². The third-order valence-corrected chi connectivity index (χ3v) is 8.65. The number of hydrogen-bond acceptors (Lipinski definition) is 5. The van der Waals surface area contributed by atoms with Crippen LogP contribution in [0.3, 0.4) is 0 Å². The van der Waals surface area contributed by atoms with Gasteiger partial charge >= 0.3 is 0 Å². The maximum atomic E-state index is 12.8. The van der Waals surface area contributed by atoms with Crippen molar-refractivity contribution in [3.05, 3.63) is 0 Å². The molecule has 0 radical (unpaired) electrons. The van der Waals surface area contributed by atoms with Crippen molar-refractivity contribution in [2.24, 2.45) is 29.6 Å². The third kappa shape index (κ3) is 3.52. The van der Waals surface area contributed by atoms with Gasteiger partial charge in [-0.1, -0.05) is 0 Å². The Morgan fingerprint density at radius 1 is 0.833 bits per heavy atom. The SMILES string of the molecule is CC(C)N(C(=O)CC1CCC2(CC1)OOC1(OO2)C2CC3CC(C2)CC1C3)C(C)C. The van der Waals surface area contributed by atoms with Crippen molar-refractivity contribution in [2.45, 2.75) is 116 Å². The van der Waals surface area contributed by atoms with Crippen molar-refractivity contribution < 1.29 is 24.3 Å². The lowest BCUT2D eigenvalue weighted by Crippen LogP contribution is -2.64. The molecule has 5 aliphatic carbocycles. The van der Waals surface area contributed by atoms with Gasteiger partial charge in [-0.3, -0.25) is 4.79 Å². The minimum absolute atomic E-state index is 0.233. The molecule has 0 aromatic heterocycles. The van der Waals surface area contributed by atoms with E-state index in [9.17, 15) is 4.79 Å². The Bertz CT molecular complexity index is 606. The number of rotatable bonds is 4. The average Bonchev–Trinajstić information content (AvgIpc) is 2.68. The summed E-state index contributed by atoms with van der Waals surface area (Å²) >= 11 is 0. The Morgan fingerprint density at radius 3 is 1.80 bits per heavy atom. The van der Waals surface area contributed by atoms with E-state index in [-0.39, 0.29) is 18.0 Å². The highest BCUT2D eigenvalue weighted by Gasteiger charge is 2.64. The van der Waals surface area contributed by atoms with Gasteiger partial charge in [-0.15, -0.1) is 0 Å². The Hall–Kier alpha value is -0.690. The monoisotopic (exact) mass is 421 g/mol. The number of carbonyl (C=O) groups excluding carboxylic acids is 1. The molecule has 1 heterocycles. The summed E-state index contributed by atoms with van der Waals surface area (Å²) in [5.41, 5.74) is 0. The lowest BCUT2D eigenvalue weighted by atomic mass is 9.53. The molecule has 30 heavy (non-hydrogen) atoms. The fourth-order valence-electron chi connectivity index (χ4n) is 7.44. The van der Waals surface area contributed by atoms with E-state index in [1.54, 1.807) is 0 Å². The molecule has 6 fully saturated rings. The summed E-state index contributed by atoms with van der Waals surface area (Å²) < 4.78 is 0. The molecule has 6 aliphatic rings. The Labute approximate surface area is 180 Å². The van der Waals surface area contributed by atoms with Gasteiger partial charge in [0.15, 0.2) is 0 Å². The Balaban J connectivity index is 1.16. The summed E-state index contributed by atoms with van der Waals surface area (Å²) in [7, 11) is 0. The summed E-state index contributed by atoms with van der Waals surface area (Å²) in [6.45, 7) is 8.36. The average molecular weight is 422 g/mol. The van der Waals surface area contributed by atoms with Crippen LogP contribution in [0.25, 0.3) is 0 Å². The zero-order valence-electron chi connectivity index (χ0n) is 19.1. The molecule has 6 rings (SSSR count). The van der Waals surface area contributed by atoms with Crippen molar-refractivity contribution in [1.29, 1.82) is 0 Å². The van der Waals surface area contributed by atoms with Crippen molar-refractivity contribution in [1.82, 2.24) is 4.90 Å². The van der Waals surface area contributed by atoms with Gasteiger partial charge in [-0.05, 0) is 90.4 Å². The van der Waals surface area contributed by atoms with Gasteiger partial charge in [-0.25, -0.2) is 0 Å². The molecule has 1 saturated heterocycles. The molecule has 4 bridgehead atoms. The predicted molar refractivity (Wildman–Crippen MR) is 111 cm³/mol. The van der Waals surface area contributed by atoms with Crippen molar-refractivity contribution in [3.8, 4) is 0 Å². The van der Waals surface area contributed by atoms with Crippen LogP contribution >= 0.6 is 0 Å². The van der Waals surface area contributed by atoms with Gasteiger partial charge in [0.2, 0.25) is 17.5 Å². The highest BCUT2D eigenvalue weighted by molar-refractivity contribution is 5.77. The third-order valence-electron chi connectivity index (χ3n) is 8.65. The standard InChI is InChI=1S/C24H39NO5/c1-15(2)25(16(3)4)22(26)14-17-5-7-23(8-6-17)27-29-24(30-28-23)20-10-18-9-19(12-20)13-21(24)11-18/h15-21H,5-14H2,1-4H3. The second-order valence-corrected chi connectivity index (χ2v) is 11.4. The quantitative estimate of drug-likeness (QED) is 0.600. The Morgan fingerprint density at radius 2 is 1.33 bits per heavy atom. The number of amides is 1. The van der Waals surface area contributed by atoms with Crippen LogP contribution in [0, 0.1) is 29.6 Å². The highest BCUT2D eigenvalue weighted by Crippen LogP contribution is 2.61. The summed E-state index contributed by atoms with van der Waals surface area (Å²) in [4.78, 5) is 39.1. The molecule has 6 nitrogen and oxygen atoms in total. The van der Waals surface area contributed by atoms with Gasteiger partial charge in [0.05, 0.1) is 0 Å². The molecule has 2 spiro atoms. The molecule has 0 aromatic rings. The predicted octanol–water partition coefficient (Wildman–Crippen LogP) is 4.97. The zero-order valence-corrected chi connectivity index (χ0v) is 19.1. The normalized spacial score (nSPS) is 45.1. The van der Waals surface area contributed by atoms with Gasteiger partial charge in [-0.2, -0.15) is 19.6 Å². The van der Waals surface area contributed by atoms with Gasteiger partial charge in [0.1, 0.15) is 0 Å². The first-order valence-corrected chi connectivity index (χ1v) is 12.3. The molecule has 0 atom stereocenters. The van der Waals surface area contributed by atoms with Crippen LogP contribution < -0.4 is 0 Å². The number of carbonyl (C=O) groups is 1. The van der Waals surface area contributed by atoms with E-state index in [1.807, 2.05) is 4.90 Å². The molecule has 170 valence electrons. The highest BCUT2D eigenvalue weighted by atomic mass is 17.4. The largest absolute Gasteiger partial charge is 0.338 e. The van der Waals surface area contributed by atoms with E-state index in [0.29, 0.717) is 37.0 Å². The molecular formula is C24H39NO5. The summed E-state index contributed by atoms with van der Waals surface area (Å²) in [5, 5.41) is 0. The number of nitrogens with zero attached hydrogens (tertiary/aromatic N) is 1. The molecule has 0 unspecified atom stereocenters. The molecule has 1 amide bonds. The molecule has 0 aromatic carbocycles. The molecule has 6 heteroatoms. The first-order valence-electron chi connectivity index (χ1n) is 12.3. The van der Waals surface area contributed by atoms with E-state index >= 15 is 0 Å². The van der Waals surface area contributed by atoms with E-state index in [1.165, 1.54) is 32.1 Å². The minimum Gasteiger partial charge on any atom is -0.338 e. The van der Waals surface area contributed by atoms with E-state index < -0.39 is 11.6 Å². The van der Waals surface area contributed by atoms with Crippen LogP contribution in [0.1, 0.15) is 91.9 Å². The number of hydrogen-bond donors (Lipinski definition) is 0. The first-order chi connectivity index (χ1) is 14.3. The van der Waals surface area contributed by atoms with Crippen molar-refractivity contribution in [3.63, 3.8) is 0 Å². The lowest BCUT2D eigenvalue weighted by molar-refractivity contribution is -0.680. The fourth-order valence-corrected chi connectivity index (χ4v) is 7.44. The van der Waals surface area contributed by atoms with Gasteiger partial charge in [0, 0.05) is 43.2 Å². The van der Waals surface area contributed by atoms with Crippen molar-refractivity contribution in [2.75, 3.05) is 0 Å². The van der Waals surface area contributed by atoms with Gasteiger partial charge in [0.25, 0.3) is 0 Å². The first kappa shape index (κ1) is 21.2. The zero-order chi connectivity index (χ0) is 21.1. The fraction of sp³-hybridized carbons (Fsp3) is 0.958. The lowest BCUT2D eigenvalue weighted by Gasteiger charge is -2.60. The van der Waals surface area contributed by atoms with E-state index in [2.05, 4.69) is 27.7 Å². The molecular weight excluding hydrogens is 382 g/mol. The Kier molecular flexibility index (Phi) is 5.45. The maximum absolute atomic E-state index is 12.8. The van der Waals surface area contributed by atoms with E-state index in [0.717, 1.165) is 24.7 Å². The summed E-state index contributed by atoms with van der Waals surface area (Å²) in [6.07, 6.45) is 9.93. The topological polar surface area (TPSA) is 57.2 Å². The van der Waals surface area contributed by atoms with E-state index in [4.69, 9.17) is 19.6 Å². The van der Waals surface area contributed by atoms with Crippen LogP contribution in [0.4, 0.5) is 0 Å². The maximum Gasteiger partial charge on any atom is 0.239 e. The molecule has 0 N–H and O–H groups in total. The molecule has 1 aliphatic heterocycles. The second kappa shape index (κ2) is 7.72. The summed E-state index contributed by atoms with van der Waals surface area (Å²) in [5.74, 6) is 1.63. The smallest absolute Gasteiger partial charge is 0.239 e. The molecule has 5 saturated carbocycles.